The molecule has 0 saturated carbocycles. The number of aromatic nitrogens is 2. The fourth-order valence-corrected chi connectivity index (χ4v) is 2.09. The van der Waals surface area contributed by atoms with Crippen LogP contribution in [0.1, 0.15) is 10.4 Å². The van der Waals surface area contributed by atoms with Gasteiger partial charge in [-0.15, -0.1) is 0 Å². The Morgan fingerprint density at radius 3 is 2.53 bits per heavy atom. The van der Waals surface area contributed by atoms with Gasteiger partial charge in [0.1, 0.15) is 0 Å². The topological polar surface area (TPSA) is 91.9 Å². The van der Waals surface area contributed by atoms with E-state index in [4.69, 9.17) is 11.6 Å². The van der Waals surface area contributed by atoms with Crippen molar-refractivity contribution in [1.82, 2.24) is 14.9 Å². The number of halogens is 1. The van der Waals surface area contributed by atoms with Crippen molar-refractivity contribution in [2.24, 2.45) is 0 Å². The predicted molar refractivity (Wildman–Crippen MR) is 71.3 cm³/mol. The van der Waals surface area contributed by atoms with Crippen molar-refractivity contribution in [1.29, 1.82) is 0 Å². The maximum atomic E-state index is 11.8. The van der Waals surface area contributed by atoms with Crippen LogP contribution < -0.4 is 4.72 Å². The number of carbonyl (C=O) groups is 1. The third-order valence-corrected chi connectivity index (χ3v) is 3.10. The highest BCUT2D eigenvalue weighted by molar-refractivity contribution is 7.89. The van der Waals surface area contributed by atoms with Gasteiger partial charge in [-0.1, -0.05) is 23.7 Å². The predicted octanol–water partition coefficient (Wildman–Crippen LogP) is 1.42. The van der Waals surface area contributed by atoms with E-state index in [1.165, 1.54) is 6.20 Å². The van der Waals surface area contributed by atoms with Crippen molar-refractivity contribution in [3.05, 3.63) is 41.0 Å². The molecule has 0 radical (unpaired) electrons. The molecule has 6 nitrogen and oxygen atoms in total. The molecule has 1 heterocycles. The van der Waals surface area contributed by atoms with E-state index in [2.05, 4.69) is 10.2 Å². The van der Waals surface area contributed by atoms with Gasteiger partial charge in [0.2, 0.25) is 10.0 Å². The standard InChI is InChI=1S/C11H10ClN3O3S/c1-19(17,18)15-11(16)9-6-13-14-10(9)7-2-4-8(12)5-3-7/h2-6H,1H3,(H,13,14)(H,15,16). The fraction of sp³-hybridized carbons (Fsp3) is 0.0909. The average Bonchev–Trinajstić information content (AvgIpc) is 2.76. The number of hydrogen-bond donors (Lipinski definition) is 2. The summed E-state index contributed by atoms with van der Waals surface area (Å²) in [6.07, 6.45) is 2.18. The van der Waals surface area contributed by atoms with E-state index in [0.717, 1.165) is 6.26 Å². The number of rotatable bonds is 3. The number of H-pyrrole nitrogens is 1. The summed E-state index contributed by atoms with van der Waals surface area (Å²) in [6, 6.07) is 6.73. The first kappa shape index (κ1) is 13.6. The largest absolute Gasteiger partial charge is 0.277 e. The highest BCUT2D eigenvalue weighted by Gasteiger charge is 2.18. The first-order chi connectivity index (χ1) is 8.87. The minimum absolute atomic E-state index is 0.146. The molecule has 8 heteroatoms. The molecule has 2 aromatic rings. The summed E-state index contributed by atoms with van der Waals surface area (Å²) in [6.45, 7) is 0. The van der Waals surface area contributed by atoms with E-state index < -0.39 is 15.9 Å². The first-order valence-corrected chi connectivity index (χ1v) is 7.45. The van der Waals surface area contributed by atoms with Gasteiger partial charge in [0.15, 0.2) is 0 Å². The van der Waals surface area contributed by atoms with E-state index in [1.807, 2.05) is 4.72 Å². The molecule has 0 atom stereocenters. The molecular weight excluding hydrogens is 290 g/mol. The van der Waals surface area contributed by atoms with E-state index in [0.29, 0.717) is 16.3 Å². The van der Waals surface area contributed by atoms with Gasteiger partial charge < -0.3 is 0 Å². The molecule has 1 aromatic carbocycles. The van der Waals surface area contributed by atoms with Crippen LogP contribution in [0.2, 0.25) is 5.02 Å². The van der Waals surface area contributed by atoms with Gasteiger partial charge in [-0.25, -0.2) is 13.1 Å². The third kappa shape index (κ3) is 3.33. The molecule has 0 aliphatic carbocycles. The van der Waals surface area contributed by atoms with Crippen LogP contribution in [0.4, 0.5) is 0 Å². The quantitative estimate of drug-likeness (QED) is 0.896. The Labute approximate surface area is 114 Å². The number of amides is 1. The zero-order chi connectivity index (χ0) is 14.0. The van der Waals surface area contributed by atoms with Gasteiger partial charge in [-0.3, -0.25) is 9.89 Å². The molecule has 19 heavy (non-hydrogen) atoms. The maximum Gasteiger partial charge on any atom is 0.268 e. The summed E-state index contributed by atoms with van der Waals surface area (Å²) in [4.78, 5) is 11.8. The molecule has 0 fully saturated rings. The van der Waals surface area contributed by atoms with Crippen LogP contribution in [-0.4, -0.2) is 30.8 Å². The van der Waals surface area contributed by atoms with Crippen molar-refractivity contribution in [2.75, 3.05) is 6.26 Å². The van der Waals surface area contributed by atoms with Crippen LogP contribution in [0.25, 0.3) is 11.3 Å². The highest BCUT2D eigenvalue weighted by atomic mass is 35.5. The van der Waals surface area contributed by atoms with Crippen LogP contribution in [-0.2, 0) is 10.0 Å². The average molecular weight is 300 g/mol. The number of carbonyl (C=O) groups excluding carboxylic acids is 1. The van der Waals surface area contributed by atoms with Crippen LogP contribution >= 0.6 is 11.6 Å². The number of nitrogens with zero attached hydrogens (tertiary/aromatic N) is 1. The van der Waals surface area contributed by atoms with E-state index in [9.17, 15) is 13.2 Å². The molecule has 2 rings (SSSR count). The molecule has 0 bridgehead atoms. The second kappa shape index (κ2) is 5.02. The Morgan fingerprint density at radius 2 is 1.95 bits per heavy atom. The van der Waals surface area contributed by atoms with Gasteiger partial charge >= 0.3 is 0 Å². The first-order valence-electron chi connectivity index (χ1n) is 5.18. The Balaban J connectivity index is 2.37. The lowest BCUT2D eigenvalue weighted by Crippen LogP contribution is -2.29. The molecule has 1 aromatic heterocycles. The molecular formula is C11H10ClN3O3S. The summed E-state index contributed by atoms with van der Waals surface area (Å²) in [5.41, 5.74) is 1.26. The zero-order valence-electron chi connectivity index (χ0n) is 9.84. The van der Waals surface area contributed by atoms with Crippen LogP contribution in [0.3, 0.4) is 0 Å². The normalized spacial score (nSPS) is 11.3. The van der Waals surface area contributed by atoms with Crippen molar-refractivity contribution < 1.29 is 13.2 Å². The van der Waals surface area contributed by atoms with E-state index in [-0.39, 0.29) is 5.56 Å². The van der Waals surface area contributed by atoms with Gasteiger partial charge in [-0.2, -0.15) is 5.10 Å². The van der Waals surface area contributed by atoms with Crippen molar-refractivity contribution in [3.63, 3.8) is 0 Å². The number of hydrogen-bond acceptors (Lipinski definition) is 4. The van der Waals surface area contributed by atoms with Crippen LogP contribution in [0, 0.1) is 0 Å². The number of aromatic amines is 1. The van der Waals surface area contributed by atoms with Crippen molar-refractivity contribution >= 4 is 27.5 Å². The van der Waals surface area contributed by atoms with Gasteiger partial charge in [0.05, 0.1) is 23.7 Å². The van der Waals surface area contributed by atoms with Crippen LogP contribution in [0.15, 0.2) is 30.5 Å². The Bertz CT molecular complexity index is 707. The monoisotopic (exact) mass is 299 g/mol. The SMILES string of the molecule is CS(=O)(=O)NC(=O)c1cn[nH]c1-c1ccc(Cl)cc1. The summed E-state index contributed by atoms with van der Waals surface area (Å²) >= 11 is 5.78. The fourth-order valence-electron chi connectivity index (χ4n) is 1.52. The molecule has 0 saturated heterocycles. The molecule has 0 aliphatic rings. The minimum atomic E-state index is -3.62. The van der Waals surface area contributed by atoms with E-state index in [1.54, 1.807) is 24.3 Å². The second-order valence-corrected chi connectivity index (χ2v) is 6.05. The lowest BCUT2D eigenvalue weighted by atomic mass is 10.1. The molecule has 2 N–H and O–H groups in total. The highest BCUT2D eigenvalue weighted by Crippen LogP contribution is 2.22. The van der Waals surface area contributed by atoms with Crippen LogP contribution in [0.5, 0.6) is 0 Å². The zero-order valence-corrected chi connectivity index (χ0v) is 11.4. The lowest BCUT2D eigenvalue weighted by Gasteiger charge is -2.04. The Morgan fingerprint density at radius 1 is 1.32 bits per heavy atom. The maximum absolute atomic E-state index is 11.8. The molecule has 0 unspecified atom stereocenters. The smallest absolute Gasteiger partial charge is 0.268 e. The molecule has 0 spiro atoms. The molecule has 1 amide bonds. The van der Waals surface area contributed by atoms with Crippen molar-refractivity contribution in [2.45, 2.75) is 0 Å². The number of benzene rings is 1. The van der Waals surface area contributed by atoms with Gasteiger partial charge in [0.25, 0.3) is 5.91 Å². The number of nitrogens with one attached hydrogen (secondary N) is 2. The van der Waals surface area contributed by atoms with Crippen molar-refractivity contribution in [3.8, 4) is 11.3 Å². The summed E-state index contributed by atoms with van der Waals surface area (Å²) in [5.74, 6) is -0.735. The third-order valence-electron chi connectivity index (χ3n) is 2.29. The molecule has 0 aliphatic heterocycles. The Hall–Kier alpha value is -1.86. The lowest BCUT2D eigenvalue weighted by molar-refractivity contribution is 0.0982. The molecule has 100 valence electrons. The summed E-state index contributed by atoms with van der Waals surface area (Å²) in [7, 11) is -3.62. The minimum Gasteiger partial charge on any atom is -0.277 e. The van der Waals surface area contributed by atoms with Gasteiger partial charge in [0, 0.05) is 10.6 Å². The van der Waals surface area contributed by atoms with E-state index >= 15 is 0 Å². The second-order valence-electron chi connectivity index (χ2n) is 3.87. The summed E-state index contributed by atoms with van der Waals surface area (Å²) in [5, 5.41) is 6.98. The van der Waals surface area contributed by atoms with Gasteiger partial charge in [-0.05, 0) is 12.1 Å². The number of sulfonamides is 1. The summed E-state index contributed by atoms with van der Waals surface area (Å²) < 4.78 is 24.0. The Kier molecular flexibility index (Phi) is 3.59.